The molecule has 0 spiro atoms. The van der Waals surface area contributed by atoms with E-state index in [1.54, 1.807) is 0 Å². The summed E-state index contributed by atoms with van der Waals surface area (Å²) in [6.45, 7) is 0. The van der Waals surface area contributed by atoms with Gasteiger partial charge in [-0.25, -0.2) is 14.5 Å². The van der Waals surface area contributed by atoms with Crippen molar-refractivity contribution in [2.24, 2.45) is 0 Å². The Labute approximate surface area is 115 Å². The number of anilines is 1. The van der Waals surface area contributed by atoms with E-state index in [2.05, 4.69) is 4.74 Å². The lowest BCUT2D eigenvalue weighted by atomic mass is 10.3. The number of carbonyl (C=O) groups is 3. The molecule has 0 unspecified atom stereocenters. The van der Waals surface area contributed by atoms with Crippen molar-refractivity contribution in [3.63, 3.8) is 0 Å². The molecule has 0 N–H and O–H groups in total. The number of esters is 1. The Morgan fingerprint density at radius 2 is 1.63 bits per heavy atom. The fraction of sp³-hybridized carbons (Fsp3) is 0.250. The Balaban J connectivity index is 3.19. The van der Waals surface area contributed by atoms with Crippen LogP contribution in [0.3, 0.4) is 0 Å². The van der Waals surface area contributed by atoms with Gasteiger partial charge in [0.25, 0.3) is 0 Å². The second kappa shape index (κ2) is 6.19. The molecule has 0 aliphatic carbocycles. The number of halogens is 1. The summed E-state index contributed by atoms with van der Waals surface area (Å²) in [5.41, 5.74) is 0.235. The molecular formula is C12H13ClN2O4. The van der Waals surface area contributed by atoms with E-state index >= 15 is 0 Å². The summed E-state index contributed by atoms with van der Waals surface area (Å²) in [7, 11) is 4.01. The van der Waals surface area contributed by atoms with Crippen LogP contribution in [0.15, 0.2) is 24.3 Å². The number of methoxy groups -OCH3 is 1. The lowest BCUT2D eigenvalue weighted by Crippen LogP contribution is -2.46. The molecule has 102 valence electrons. The molecule has 0 aliphatic rings. The third-order valence-corrected chi connectivity index (χ3v) is 2.47. The van der Waals surface area contributed by atoms with E-state index in [1.807, 2.05) is 0 Å². The summed E-state index contributed by atoms with van der Waals surface area (Å²) < 4.78 is 4.34. The maximum absolute atomic E-state index is 12.0. The highest BCUT2D eigenvalue weighted by Gasteiger charge is 2.30. The largest absolute Gasteiger partial charge is 0.462 e. The predicted octanol–water partition coefficient (Wildman–Crippen LogP) is 1.53. The average molecular weight is 285 g/mol. The molecule has 0 fully saturated rings. The number of benzene rings is 1. The molecule has 1 aromatic carbocycles. The normalized spacial score (nSPS) is 9.68. The van der Waals surface area contributed by atoms with Gasteiger partial charge in [-0.2, -0.15) is 0 Å². The Morgan fingerprint density at radius 1 is 1.11 bits per heavy atom. The van der Waals surface area contributed by atoms with Gasteiger partial charge in [-0.3, -0.25) is 4.79 Å². The number of imide groups is 1. The Kier molecular flexibility index (Phi) is 4.88. The number of amides is 3. The Morgan fingerprint density at radius 3 is 2.05 bits per heavy atom. The highest BCUT2D eigenvalue weighted by atomic mass is 35.5. The van der Waals surface area contributed by atoms with Crippen LogP contribution in [0.4, 0.5) is 10.5 Å². The molecule has 6 nitrogen and oxygen atoms in total. The van der Waals surface area contributed by atoms with Gasteiger partial charge in [0.1, 0.15) is 0 Å². The molecule has 0 bridgehead atoms. The minimum absolute atomic E-state index is 0.235. The second-order valence-electron chi connectivity index (χ2n) is 3.79. The Bertz CT molecular complexity index is 499. The van der Waals surface area contributed by atoms with Crippen LogP contribution >= 0.6 is 11.6 Å². The second-order valence-corrected chi connectivity index (χ2v) is 4.22. The lowest BCUT2D eigenvalue weighted by molar-refractivity contribution is -0.151. The predicted molar refractivity (Wildman–Crippen MR) is 70.0 cm³/mol. The number of hydrogen-bond acceptors (Lipinski definition) is 4. The number of carbonyl (C=O) groups excluding carboxylic acids is 3. The van der Waals surface area contributed by atoms with Crippen LogP contribution in [-0.4, -0.2) is 44.0 Å². The number of ether oxygens (including phenoxy) is 1. The van der Waals surface area contributed by atoms with Crippen LogP contribution in [0.25, 0.3) is 0 Å². The first kappa shape index (κ1) is 15.0. The fourth-order valence-electron chi connectivity index (χ4n) is 1.28. The molecule has 0 aliphatic heterocycles. The van der Waals surface area contributed by atoms with E-state index in [4.69, 9.17) is 11.6 Å². The summed E-state index contributed by atoms with van der Waals surface area (Å²) in [6.07, 6.45) is 0. The standard InChI is InChI=1S/C12H13ClN2O4/c1-14(2)12(18)15(10(16)11(17)19-3)9-6-4-8(13)5-7-9/h4-7H,1-3H3. The topological polar surface area (TPSA) is 66.9 Å². The zero-order valence-electron chi connectivity index (χ0n) is 10.7. The van der Waals surface area contributed by atoms with Crippen molar-refractivity contribution in [3.05, 3.63) is 29.3 Å². The first-order valence-electron chi connectivity index (χ1n) is 5.27. The van der Waals surface area contributed by atoms with Crippen molar-refractivity contribution in [3.8, 4) is 0 Å². The molecular weight excluding hydrogens is 272 g/mol. The van der Waals surface area contributed by atoms with Gasteiger partial charge in [0, 0.05) is 19.1 Å². The quantitative estimate of drug-likeness (QED) is 0.579. The van der Waals surface area contributed by atoms with Crippen LogP contribution in [-0.2, 0) is 14.3 Å². The highest BCUT2D eigenvalue weighted by molar-refractivity contribution is 6.43. The van der Waals surface area contributed by atoms with Gasteiger partial charge in [0.15, 0.2) is 0 Å². The lowest BCUT2D eigenvalue weighted by Gasteiger charge is -2.23. The monoisotopic (exact) mass is 284 g/mol. The van der Waals surface area contributed by atoms with Crippen molar-refractivity contribution < 1.29 is 19.1 Å². The molecule has 0 saturated carbocycles. The summed E-state index contributed by atoms with van der Waals surface area (Å²) in [4.78, 5) is 37.1. The first-order chi connectivity index (χ1) is 8.88. The maximum Gasteiger partial charge on any atom is 0.397 e. The molecule has 0 radical (unpaired) electrons. The van der Waals surface area contributed by atoms with Crippen LogP contribution in [0.1, 0.15) is 0 Å². The molecule has 0 atom stereocenters. The number of rotatable bonds is 1. The van der Waals surface area contributed by atoms with E-state index in [-0.39, 0.29) is 5.69 Å². The van der Waals surface area contributed by atoms with Gasteiger partial charge in [-0.05, 0) is 24.3 Å². The van der Waals surface area contributed by atoms with Crippen LogP contribution in [0, 0.1) is 0 Å². The van der Waals surface area contributed by atoms with Gasteiger partial charge in [0.2, 0.25) is 0 Å². The minimum atomic E-state index is -1.12. The molecule has 3 amide bonds. The van der Waals surface area contributed by atoms with E-state index in [0.717, 1.165) is 12.0 Å². The van der Waals surface area contributed by atoms with E-state index in [9.17, 15) is 14.4 Å². The molecule has 7 heteroatoms. The molecule has 19 heavy (non-hydrogen) atoms. The molecule has 0 aromatic heterocycles. The average Bonchev–Trinajstić information content (AvgIpc) is 2.39. The van der Waals surface area contributed by atoms with Crippen molar-refractivity contribution in [1.82, 2.24) is 4.90 Å². The molecule has 1 rings (SSSR count). The summed E-state index contributed by atoms with van der Waals surface area (Å²) in [5, 5.41) is 0.450. The van der Waals surface area contributed by atoms with Gasteiger partial charge >= 0.3 is 17.9 Å². The van der Waals surface area contributed by atoms with E-state index < -0.39 is 17.9 Å². The first-order valence-corrected chi connectivity index (χ1v) is 5.65. The zero-order chi connectivity index (χ0) is 14.6. The zero-order valence-corrected chi connectivity index (χ0v) is 11.5. The highest BCUT2D eigenvalue weighted by Crippen LogP contribution is 2.19. The van der Waals surface area contributed by atoms with Crippen LogP contribution < -0.4 is 4.90 Å². The van der Waals surface area contributed by atoms with Crippen molar-refractivity contribution in [2.75, 3.05) is 26.1 Å². The maximum atomic E-state index is 12.0. The van der Waals surface area contributed by atoms with Gasteiger partial charge in [-0.15, -0.1) is 0 Å². The van der Waals surface area contributed by atoms with Gasteiger partial charge in [-0.1, -0.05) is 11.6 Å². The molecule has 0 saturated heterocycles. The van der Waals surface area contributed by atoms with Crippen molar-refractivity contribution in [2.45, 2.75) is 0 Å². The number of nitrogens with zero attached hydrogens (tertiary/aromatic N) is 2. The Hall–Kier alpha value is -2.08. The molecule has 0 heterocycles. The van der Waals surface area contributed by atoms with Gasteiger partial charge in [0.05, 0.1) is 12.8 Å². The third kappa shape index (κ3) is 3.45. The fourth-order valence-corrected chi connectivity index (χ4v) is 1.41. The summed E-state index contributed by atoms with van der Waals surface area (Å²) >= 11 is 5.74. The summed E-state index contributed by atoms with van der Waals surface area (Å²) in [6, 6.07) is 5.29. The van der Waals surface area contributed by atoms with E-state index in [0.29, 0.717) is 5.02 Å². The number of hydrogen-bond donors (Lipinski definition) is 0. The van der Waals surface area contributed by atoms with E-state index in [1.165, 1.54) is 43.3 Å². The SMILES string of the molecule is COC(=O)C(=O)N(C(=O)N(C)C)c1ccc(Cl)cc1. The number of urea groups is 1. The van der Waals surface area contributed by atoms with Gasteiger partial charge < -0.3 is 9.64 Å². The summed E-state index contributed by atoms with van der Waals surface area (Å²) in [5.74, 6) is -2.19. The van der Waals surface area contributed by atoms with Crippen LogP contribution in [0.5, 0.6) is 0 Å². The van der Waals surface area contributed by atoms with Crippen LogP contribution in [0.2, 0.25) is 5.02 Å². The minimum Gasteiger partial charge on any atom is -0.462 e. The third-order valence-electron chi connectivity index (χ3n) is 2.22. The smallest absolute Gasteiger partial charge is 0.397 e. The van der Waals surface area contributed by atoms with Crippen molar-refractivity contribution >= 4 is 35.2 Å². The molecule has 1 aromatic rings. The van der Waals surface area contributed by atoms with Crippen molar-refractivity contribution in [1.29, 1.82) is 0 Å².